The van der Waals surface area contributed by atoms with Gasteiger partial charge < -0.3 is 39.9 Å². The molecule has 0 aliphatic heterocycles. The monoisotopic (exact) mass is 837 g/mol. The summed E-state index contributed by atoms with van der Waals surface area (Å²) in [4.78, 5) is 35.6. The molecule has 0 bridgehead atoms. The molecule has 1 rings (SSSR count). The van der Waals surface area contributed by atoms with Gasteiger partial charge in [-0.1, -0.05) is 154 Å². The standard InChI is InChI=1S/C43H81O13P/c1-3-5-7-9-11-13-15-17-18-20-22-24-26-28-30-32-37(45)55-35(34-54-57(51,52)56-43-41(49)39(47)38(46)40(48)42(43)50)33-53-36(44)31-29-27-25-23-21-19-16-14-12-10-8-6-4-2/h17-18,35,38-43,46-50H,3-16,19-34H2,1-2H3,(H,51,52)/b18-17-/t35?,38?,39-,40+,41-,42-,43?/m1/s1. The summed E-state index contributed by atoms with van der Waals surface area (Å²) >= 11 is 0. The summed E-state index contributed by atoms with van der Waals surface area (Å²) < 4.78 is 33.5. The molecule has 0 spiro atoms. The van der Waals surface area contributed by atoms with Gasteiger partial charge in [-0.3, -0.25) is 18.6 Å². The van der Waals surface area contributed by atoms with E-state index in [1.165, 1.54) is 96.3 Å². The fourth-order valence-electron chi connectivity index (χ4n) is 6.93. The van der Waals surface area contributed by atoms with Gasteiger partial charge in [-0.15, -0.1) is 0 Å². The quantitative estimate of drug-likeness (QED) is 0.0151. The Morgan fingerprint density at radius 1 is 0.526 bits per heavy atom. The molecular weight excluding hydrogens is 755 g/mol. The average molecular weight is 837 g/mol. The maximum atomic E-state index is 12.8. The molecule has 0 aromatic heterocycles. The molecule has 0 aromatic carbocycles. The van der Waals surface area contributed by atoms with Crippen molar-refractivity contribution in [2.75, 3.05) is 13.2 Å². The van der Waals surface area contributed by atoms with Crippen molar-refractivity contribution in [3.63, 3.8) is 0 Å². The van der Waals surface area contributed by atoms with Gasteiger partial charge in [0, 0.05) is 12.8 Å². The smallest absolute Gasteiger partial charge is 0.462 e. The number of aliphatic hydroxyl groups is 5. The third-order valence-electron chi connectivity index (χ3n) is 10.6. The van der Waals surface area contributed by atoms with Crippen molar-refractivity contribution in [2.24, 2.45) is 0 Å². The zero-order valence-corrected chi connectivity index (χ0v) is 36.3. The molecule has 6 N–H and O–H groups in total. The summed E-state index contributed by atoms with van der Waals surface area (Å²) in [7, 11) is -5.11. The van der Waals surface area contributed by atoms with Gasteiger partial charge in [-0.05, 0) is 38.5 Å². The minimum absolute atomic E-state index is 0.0907. The highest BCUT2D eigenvalue weighted by Gasteiger charge is 2.51. The highest BCUT2D eigenvalue weighted by molar-refractivity contribution is 7.47. The van der Waals surface area contributed by atoms with E-state index in [2.05, 4.69) is 26.0 Å². The Morgan fingerprint density at radius 2 is 0.895 bits per heavy atom. The van der Waals surface area contributed by atoms with E-state index in [1.807, 2.05) is 0 Å². The number of phosphoric acid groups is 1. The van der Waals surface area contributed by atoms with Crippen molar-refractivity contribution in [2.45, 2.75) is 236 Å². The fraction of sp³-hybridized carbons (Fsp3) is 0.907. The van der Waals surface area contributed by atoms with E-state index in [0.717, 1.165) is 57.8 Å². The first-order valence-corrected chi connectivity index (χ1v) is 24.0. The van der Waals surface area contributed by atoms with Gasteiger partial charge in [0.25, 0.3) is 0 Å². The Hall–Kier alpha value is -1.41. The Bertz CT molecular complexity index is 1060. The minimum atomic E-state index is -5.11. The summed E-state index contributed by atoms with van der Waals surface area (Å²) in [6.07, 6.45) is 21.2. The van der Waals surface area contributed by atoms with Gasteiger partial charge in [0.2, 0.25) is 0 Å². The number of carbonyl (C=O) groups excluding carboxylic acids is 2. The number of phosphoric ester groups is 1. The van der Waals surface area contributed by atoms with E-state index < -0.39 is 75.7 Å². The Morgan fingerprint density at radius 3 is 1.33 bits per heavy atom. The van der Waals surface area contributed by atoms with E-state index in [0.29, 0.717) is 12.8 Å². The van der Waals surface area contributed by atoms with Gasteiger partial charge >= 0.3 is 19.8 Å². The normalized spacial score (nSPS) is 22.7. The van der Waals surface area contributed by atoms with Crippen LogP contribution in [-0.2, 0) is 32.7 Å². The van der Waals surface area contributed by atoms with Gasteiger partial charge in [0.1, 0.15) is 43.2 Å². The number of hydrogen-bond donors (Lipinski definition) is 6. The molecule has 0 aromatic rings. The van der Waals surface area contributed by atoms with E-state index in [-0.39, 0.29) is 12.8 Å². The van der Waals surface area contributed by atoms with Crippen molar-refractivity contribution in [1.29, 1.82) is 0 Å². The number of hydrogen-bond acceptors (Lipinski definition) is 12. The van der Waals surface area contributed by atoms with Crippen LogP contribution in [0.5, 0.6) is 0 Å². The molecule has 0 radical (unpaired) electrons. The molecule has 1 aliphatic rings. The van der Waals surface area contributed by atoms with Crippen molar-refractivity contribution < 1.29 is 63.1 Å². The minimum Gasteiger partial charge on any atom is -0.462 e. The van der Waals surface area contributed by atoms with Gasteiger partial charge in [0.15, 0.2) is 6.10 Å². The maximum Gasteiger partial charge on any atom is 0.472 e. The lowest BCUT2D eigenvalue weighted by atomic mass is 9.85. The Balaban J connectivity index is 2.48. The van der Waals surface area contributed by atoms with Crippen LogP contribution in [0.2, 0.25) is 0 Å². The first-order chi connectivity index (χ1) is 27.4. The van der Waals surface area contributed by atoms with E-state index in [9.17, 15) is 44.6 Å². The second kappa shape index (κ2) is 34.3. The number of allylic oxidation sites excluding steroid dienone is 2. The van der Waals surface area contributed by atoms with Gasteiger partial charge in [-0.2, -0.15) is 0 Å². The first kappa shape index (κ1) is 53.6. The van der Waals surface area contributed by atoms with E-state index >= 15 is 0 Å². The molecular formula is C43H81O13P. The summed E-state index contributed by atoms with van der Waals surface area (Å²) in [5.74, 6) is -1.10. The number of aliphatic hydroxyl groups excluding tert-OH is 5. The second-order valence-electron chi connectivity index (χ2n) is 15.9. The fourth-order valence-corrected chi connectivity index (χ4v) is 7.90. The second-order valence-corrected chi connectivity index (χ2v) is 17.3. The molecule has 4 unspecified atom stereocenters. The summed E-state index contributed by atoms with van der Waals surface area (Å²) in [5, 5.41) is 50.1. The molecule has 57 heavy (non-hydrogen) atoms. The molecule has 14 heteroatoms. The number of rotatable bonds is 37. The third kappa shape index (κ3) is 27.1. The Kier molecular flexibility index (Phi) is 32.3. The molecule has 1 aliphatic carbocycles. The van der Waals surface area contributed by atoms with Crippen molar-refractivity contribution in [3.05, 3.63) is 12.2 Å². The Labute approximate surface area is 343 Å². The maximum absolute atomic E-state index is 12.8. The molecule has 13 nitrogen and oxygen atoms in total. The molecule has 0 amide bonds. The van der Waals surface area contributed by atoms with Crippen LogP contribution < -0.4 is 0 Å². The number of unbranched alkanes of at least 4 members (excludes halogenated alkanes) is 23. The third-order valence-corrected chi connectivity index (χ3v) is 11.6. The molecule has 0 saturated heterocycles. The van der Waals surface area contributed by atoms with Gasteiger partial charge in [0.05, 0.1) is 6.61 Å². The number of ether oxygens (including phenoxy) is 2. The van der Waals surface area contributed by atoms with Crippen LogP contribution in [-0.4, -0.2) is 98.3 Å². The van der Waals surface area contributed by atoms with Crippen LogP contribution in [0.15, 0.2) is 12.2 Å². The zero-order chi connectivity index (χ0) is 42.2. The predicted octanol–water partition coefficient (Wildman–Crippen LogP) is 8.28. The van der Waals surface area contributed by atoms with E-state index in [4.69, 9.17) is 18.5 Å². The van der Waals surface area contributed by atoms with Crippen molar-refractivity contribution in [1.82, 2.24) is 0 Å². The predicted molar refractivity (Wildman–Crippen MR) is 221 cm³/mol. The molecule has 0 heterocycles. The summed E-state index contributed by atoms with van der Waals surface area (Å²) in [6.45, 7) is 3.29. The average Bonchev–Trinajstić information content (AvgIpc) is 3.19. The number of esters is 2. The lowest BCUT2D eigenvalue weighted by molar-refractivity contribution is -0.220. The topological polar surface area (TPSA) is 210 Å². The largest absolute Gasteiger partial charge is 0.472 e. The molecule has 1 saturated carbocycles. The van der Waals surface area contributed by atoms with Crippen LogP contribution >= 0.6 is 7.82 Å². The van der Waals surface area contributed by atoms with Crippen LogP contribution in [0.4, 0.5) is 0 Å². The highest BCUT2D eigenvalue weighted by Crippen LogP contribution is 2.47. The van der Waals surface area contributed by atoms with Gasteiger partial charge in [-0.25, -0.2) is 4.57 Å². The molecule has 336 valence electrons. The van der Waals surface area contributed by atoms with Crippen LogP contribution in [0, 0.1) is 0 Å². The van der Waals surface area contributed by atoms with Crippen LogP contribution in [0.25, 0.3) is 0 Å². The first-order valence-electron chi connectivity index (χ1n) is 22.5. The highest BCUT2D eigenvalue weighted by atomic mass is 31.2. The SMILES string of the molecule is CCCCCCCC/C=C\CCCCCCCC(=O)OC(COC(=O)CCCCCCCCCCCCCCC)COP(=O)(O)OC1[C@H](O)[C@H](O)C(O)[C@H](O)[C@H]1O. The summed E-state index contributed by atoms with van der Waals surface area (Å²) in [6, 6.07) is 0. The number of carbonyl (C=O) groups is 2. The van der Waals surface area contributed by atoms with Crippen LogP contribution in [0.1, 0.15) is 194 Å². The molecule has 8 atom stereocenters. The van der Waals surface area contributed by atoms with Crippen molar-refractivity contribution >= 4 is 19.8 Å². The lowest BCUT2D eigenvalue weighted by Crippen LogP contribution is -2.64. The van der Waals surface area contributed by atoms with Crippen molar-refractivity contribution in [3.8, 4) is 0 Å². The summed E-state index contributed by atoms with van der Waals surface area (Å²) in [5.41, 5.74) is 0. The van der Waals surface area contributed by atoms with E-state index in [1.54, 1.807) is 0 Å². The van der Waals surface area contributed by atoms with Crippen LogP contribution in [0.3, 0.4) is 0 Å². The zero-order valence-electron chi connectivity index (χ0n) is 35.4. The lowest BCUT2D eigenvalue weighted by Gasteiger charge is -2.41. The molecule has 1 fully saturated rings.